The SMILES string of the molecule is COC12CCC(NC(=O)/C=C/c3cccc(C(F)(F)F)c3)CC1(c1cccc(OC(C)=O)c1)CCN(CC1CC1)C2. The molecular weight excluding hydrogens is 533 g/mol. The first-order chi connectivity index (χ1) is 19.5. The number of hydrogen-bond donors (Lipinski definition) is 1. The normalized spacial score (nSPS) is 26.9. The Morgan fingerprint density at radius 2 is 1.88 bits per heavy atom. The van der Waals surface area contributed by atoms with Crippen molar-refractivity contribution >= 4 is 18.0 Å². The van der Waals surface area contributed by atoms with Crippen LogP contribution in [-0.4, -0.2) is 55.2 Å². The number of hydrogen-bond acceptors (Lipinski definition) is 5. The number of rotatable bonds is 8. The number of esters is 1. The molecule has 5 rings (SSSR count). The molecule has 6 nitrogen and oxygen atoms in total. The van der Waals surface area contributed by atoms with Crippen LogP contribution < -0.4 is 10.1 Å². The standard InChI is InChI=1S/C32H37F3N2O4/c1-22(38)41-28-8-4-6-25(18-28)30-15-16-37(20-24-9-10-24)21-31(30,40-2)14-13-27(19-30)36-29(39)12-11-23-5-3-7-26(17-23)32(33,34)35/h3-8,11-12,17-18,24,27H,9-10,13-16,19-21H2,1-2H3,(H,36,39)/b12-11+. The fourth-order valence-electron chi connectivity index (χ4n) is 6.80. The van der Waals surface area contributed by atoms with E-state index in [1.54, 1.807) is 13.2 Å². The molecule has 3 unspecified atom stereocenters. The van der Waals surface area contributed by atoms with Crippen molar-refractivity contribution in [1.29, 1.82) is 0 Å². The Bertz CT molecular complexity index is 1310. The molecule has 2 aliphatic carbocycles. The van der Waals surface area contributed by atoms with Crippen molar-refractivity contribution < 1.29 is 32.2 Å². The molecule has 1 aliphatic heterocycles. The molecule has 2 aromatic rings. The Labute approximate surface area is 238 Å². The van der Waals surface area contributed by atoms with Crippen LogP contribution >= 0.6 is 0 Å². The molecule has 2 aromatic carbocycles. The molecule has 1 amide bonds. The number of methoxy groups -OCH3 is 1. The van der Waals surface area contributed by atoms with Gasteiger partial charge in [-0.05, 0) is 92.5 Å². The maximum Gasteiger partial charge on any atom is 0.416 e. The zero-order valence-corrected chi connectivity index (χ0v) is 23.5. The molecule has 0 aromatic heterocycles. The zero-order valence-electron chi connectivity index (χ0n) is 23.5. The van der Waals surface area contributed by atoms with E-state index in [1.165, 1.54) is 44.1 Å². The molecule has 9 heteroatoms. The Balaban J connectivity index is 1.38. The summed E-state index contributed by atoms with van der Waals surface area (Å²) in [6.45, 7) is 4.12. The fourth-order valence-corrected chi connectivity index (χ4v) is 6.80. The lowest BCUT2D eigenvalue weighted by Crippen LogP contribution is -2.68. The first-order valence-electron chi connectivity index (χ1n) is 14.2. The summed E-state index contributed by atoms with van der Waals surface area (Å²) in [6, 6.07) is 12.4. The Kier molecular flexibility index (Phi) is 8.30. The molecule has 0 radical (unpaired) electrons. The van der Waals surface area contributed by atoms with Gasteiger partial charge in [0, 0.05) is 44.7 Å². The van der Waals surface area contributed by atoms with Crippen LogP contribution in [0.4, 0.5) is 13.2 Å². The highest BCUT2D eigenvalue weighted by molar-refractivity contribution is 5.92. The van der Waals surface area contributed by atoms with E-state index in [0.29, 0.717) is 24.2 Å². The minimum absolute atomic E-state index is 0.163. The van der Waals surface area contributed by atoms with Gasteiger partial charge >= 0.3 is 12.1 Å². The molecule has 3 atom stereocenters. The highest BCUT2D eigenvalue weighted by atomic mass is 19.4. The maximum absolute atomic E-state index is 13.1. The third kappa shape index (κ3) is 6.51. The van der Waals surface area contributed by atoms with Crippen molar-refractivity contribution in [2.45, 2.75) is 68.7 Å². The highest BCUT2D eigenvalue weighted by Gasteiger charge is 2.59. The number of benzene rings is 2. The molecule has 1 saturated heterocycles. The smallest absolute Gasteiger partial charge is 0.416 e. The predicted octanol–water partition coefficient (Wildman–Crippen LogP) is 5.75. The van der Waals surface area contributed by atoms with Gasteiger partial charge in [0.05, 0.1) is 11.2 Å². The Hall–Kier alpha value is -3.17. The monoisotopic (exact) mass is 570 g/mol. The number of ether oxygens (including phenoxy) is 2. The van der Waals surface area contributed by atoms with Crippen LogP contribution in [0.25, 0.3) is 6.08 Å². The second-order valence-electron chi connectivity index (χ2n) is 11.7. The zero-order chi connectivity index (χ0) is 29.3. The quantitative estimate of drug-likeness (QED) is 0.249. The lowest BCUT2D eigenvalue weighted by Gasteiger charge is -2.60. The van der Waals surface area contributed by atoms with E-state index in [0.717, 1.165) is 56.1 Å². The number of nitrogens with one attached hydrogen (secondary N) is 1. The molecule has 1 N–H and O–H groups in total. The number of alkyl halides is 3. The molecule has 41 heavy (non-hydrogen) atoms. The summed E-state index contributed by atoms with van der Waals surface area (Å²) in [5, 5.41) is 3.10. The van der Waals surface area contributed by atoms with Gasteiger partial charge in [-0.15, -0.1) is 0 Å². The number of carbonyl (C=O) groups is 2. The minimum atomic E-state index is -4.45. The minimum Gasteiger partial charge on any atom is -0.427 e. The van der Waals surface area contributed by atoms with Gasteiger partial charge in [0.15, 0.2) is 0 Å². The van der Waals surface area contributed by atoms with Gasteiger partial charge in [-0.3, -0.25) is 9.59 Å². The van der Waals surface area contributed by atoms with Crippen molar-refractivity contribution in [2.24, 2.45) is 5.92 Å². The van der Waals surface area contributed by atoms with Crippen LogP contribution in [0.5, 0.6) is 5.75 Å². The highest BCUT2D eigenvalue weighted by Crippen LogP contribution is 2.54. The van der Waals surface area contributed by atoms with Gasteiger partial charge in [0.25, 0.3) is 0 Å². The molecule has 3 aliphatic rings. The molecule has 2 saturated carbocycles. The van der Waals surface area contributed by atoms with Crippen LogP contribution in [0.1, 0.15) is 62.1 Å². The lowest BCUT2D eigenvalue weighted by atomic mass is 9.55. The van der Waals surface area contributed by atoms with E-state index in [2.05, 4.69) is 16.3 Å². The van der Waals surface area contributed by atoms with E-state index >= 15 is 0 Å². The lowest BCUT2D eigenvalue weighted by molar-refractivity contribution is -0.150. The van der Waals surface area contributed by atoms with Crippen LogP contribution in [0.15, 0.2) is 54.6 Å². The molecule has 0 spiro atoms. The predicted molar refractivity (Wildman–Crippen MR) is 149 cm³/mol. The third-order valence-corrected chi connectivity index (χ3v) is 8.94. The average Bonchev–Trinajstić information content (AvgIpc) is 3.75. The molecular formula is C32H37F3N2O4. The molecule has 0 bridgehead atoms. The number of nitrogens with zero attached hydrogens (tertiary/aromatic N) is 1. The molecule has 3 fully saturated rings. The first kappa shape index (κ1) is 29.3. The van der Waals surface area contributed by atoms with E-state index in [4.69, 9.17) is 9.47 Å². The second kappa shape index (κ2) is 11.6. The summed E-state index contributed by atoms with van der Waals surface area (Å²) in [5.74, 6) is 0.485. The summed E-state index contributed by atoms with van der Waals surface area (Å²) in [4.78, 5) is 27.2. The number of carbonyl (C=O) groups excluding carboxylic acids is 2. The summed E-state index contributed by atoms with van der Waals surface area (Å²) in [5.41, 5.74) is -0.348. The third-order valence-electron chi connectivity index (χ3n) is 8.94. The second-order valence-corrected chi connectivity index (χ2v) is 11.7. The number of likely N-dealkylation sites (tertiary alicyclic amines) is 1. The fraction of sp³-hybridized carbons (Fsp3) is 0.500. The Morgan fingerprint density at radius 3 is 2.59 bits per heavy atom. The van der Waals surface area contributed by atoms with Crippen LogP contribution in [0.3, 0.4) is 0 Å². The first-order valence-corrected chi connectivity index (χ1v) is 14.2. The van der Waals surface area contributed by atoms with Gasteiger partial charge in [-0.1, -0.05) is 24.3 Å². The Morgan fingerprint density at radius 1 is 1.10 bits per heavy atom. The van der Waals surface area contributed by atoms with E-state index < -0.39 is 28.7 Å². The van der Waals surface area contributed by atoms with Gasteiger partial charge in [0.2, 0.25) is 5.91 Å². The van der Waals surface area contributed by atoms with Gasteiger partial charge in [0.1, 0.15) is 5.75 Å². The van der Waals surface area contributed by atoms with Gasteiger partial charge < -0.3 is 19.7 Å². The van der Waals surface area contributed by atoms with Crippen molar-refractivity contribution in [2.75, 3.05) is 26.7 Å². The largest absolute Gasteiger partial charge is 0.427 e. The molecule has 220 valence electrons. The average molecular weight is 571 g/mol. The number of fused-ring (bicyclic) bond motifs is 1. The van der Waals surface area contributed by atoms with Gasteiger partial charge in [-0.25, -0.2) is 0 Å². The van der Waals surface area contributed by atoms with Crippen LogP contribution in [0.2, 0.25) is 0 Å². The number of piperidine rings is 1. The van der Waals surface area contributed by atoms with E-state index in [9.17, 15) is 22.8 Å². The molecule has 1 heterocycles. The van der Waals surface area contributed by atoms with Crippen molar-refractivity contribution in [1.82, 2.24) is 10.2 Å². The van der Waals surface area contributed by atoms with E-state index in [1.807, 2.05) is 12.1 Å². The van der Waals surface area contributed by atoms with Crippen molar-refractivity contribution in [3.63, 3.8) is 0 Å². The number of halogens is 3. The summed E-state index contributed by atoms with van der Waals surface area (Å²) in [7, 11) is 1.77. The van der Waals surface area contributed by atoms with Crippen LogP contribution in [-0.2, 0) is 25.9 Å². The topological polar surface area (TPSA) is 67.9 Å². The van der Waals surface area contributed by atoms with Crippen LogP contribution in [0, 0.1) is 5.92 Å². The summed E-state index contributed by atoms with van der Waals surface area (Å²) in [6.07, 6.45) is 3.68. The maximum atomic E-state index is 13.1. The number of amides is 1. The van der Waals surface area contributed by atoms with Crippen molar-refractivity contribution in [3.8, 4) is 5.75 Å². The summed E-state index contributed by atoms with van der Waals surface area (Å²) >= 11 is 0. The van der Waals surface area contributed by atoms with Gasteiger partial charge in [-0.2, -0.15) is 13.2 Å². The summed E-state index contributed by atoms with van der Waals surface area (Å²) < 4.78 is 51.1. The van der Waals surface area contributed by atoms with E-state index in [-0.39, 0.29) is 11.9 Å². The van der Waals surface area contributed by atoms with Crippen molar-refractivity contribution in [3.05, 3.63) is 71.3 Å².